The van der Waals surface area contributed by atoms with E-state index in [4.69, 9.17) is 11.6 Å². The normalized spacial score (nSPS) is 14.1. The van der Waals surface area contributed by atoms with Crippen molar-refractivity contribution in [3.05, 3.63) is 73.9 Å². The van der Waals surface area contributed by atoms with E-state index in [1.807, 2.05) is 0 Å². The molecule has 36 heavy (non-hydrogen) atoms. The van der Waals surface area contributed by atoms with Crippen molar-refractivity contribution in [1.82, 2.24) is 14.1 Å². The zero-order chi connectivity index (χ0) is 26.4. The molecule has 1 aliphatic rings. The van der Waals surface area contributed by atoms with Crippen molar-refractivity contribution in [1.29, 1.82) is 5.26 Å². The van der Waals surface area contributed by atoms with E-state index >= 15 is 0 Å². The Balaban J connectivity index is 2.07. The fourth-order valence-corrected chi connectivity index (χ4v) is 4.08. The zero-order valence-corrected chi connectivity index (χ0v) is 18.7. The lowest BCUT2D eigenvalue weighted by atomic mass is 9.97. The van der Waals surface area contributed by atoms with Gasteiger partial charge in [-0.15, -0.1) is 0 Å². The Labute approximate surface area is 203 Å². The van der Waals surface area contributed by atoms with Crippen LogP contribution in [0.1, 0.15) is 12.0 Å². The number of hydrogen-bond acceptors (Lipinski definition) is 5. The predicted octanol–water partition coefficient (Wildman–Crippen LogP) is 4.31. The van der Waals surface area contributed by atoms with Gasteiger partial charge in [0.25, 0.3) is 12.0 Å². The van der Waals surface area contributed by atoms with E-state index in [1.165, 1.54) is 12.3 Å². The van der Waals surface area contributed by atoms with E-state index in [1.54, 1.807) is 6.07 Å². The first-order chi connectivity index (χ1) is 16.9. The Morgan fingerprint density at radius 2 is 1.86 bits per heavy atom. The van der Waals surface area contributed by atoms with Crippen LogP contribution in [0.5, 0.6) is 0 Å². The number of halogens is 7. The van der Waals surface area contributed by atoms with Gasteiger partial charge in [-0.25, -0.2) is 22.5 Å². The second kappa shape index (κ2) is 9.34. The van der Waals surface area contributed by atoms with Crippen LogP contribution in [0.25, 0.3) is 16.8 Å². The van der Waals surface area contributed by atoms with Gasteiger partial charge in [-0.3, -0.25) is 14.3 Å². The van der Waals surface area contributed by atoms with E-state index < -0.39 is 66.3 Å². The summed E-state index contributed by atoms with van der Waals surface area (Å²) < 4.78 is 81.7. The minimum Gasteiger partial charge on any atom is -0.356 e. The summed E-state index contributed by atoms with van der Waals surface area (Å²) in [5.41, 5.74) is -4.12. The number of pyridine rings is 1. The topological polar surface area (TPSA) is 83.9 Å². The van der Waals surface area contributed by atoms with E-state index in [0.29, 0.717) is 16.7 Å². The molecule has 4 rings (SSSR count). The Morgan fingerprint density at radius 3 is 2.44 bits per heavy atom. The second-order valence-electron chi connectivity index (χ2n) is 7.91. The molecule has 0 aliphatic carbocycles. The van der Waals surface area contributed by atoms with Crippen molar-refractivity contribution in [2.24, 2.45) is 5.92 Å². The highest BCUT2D eigenvalue weighted by atomic mass is 35.5. The molecule has 3 heterocycles. The van der Waals surface area contributed by atoms with Crippen molar-refractivity contribution in [3.8, 4) is 22.9 Å². The Morgan fingerprint density at radius 1 is 1.17 bits per heavy atom. The number of nitriles is 1. The van der Waals surface area contributed by atoms with Crippen LogP contribution < -0.4 is 16.1 Å². The molecule has 0 bridgehead atoms. The monoisotopic (exact) mass is 529 g/mol. The Bertz CT molecular complexity index is 1490. The number of benzene rings is 1. The summed E-state index contributed by atoms with van der Waals surface area (Å²) in [6.07, 6.45) is -5.51. The smallest absolute Gasteiger partial charge is 0.356 e. The number of nitrogens with zero attached hydrogens (tertiary/aromatic N) is 5. The number of anilines is 1. The summed E-state index contributed by atoms with van der Waals surface area (Å²) in [6.45, 7) is -1.98. The average molecular weight is 530 g/mol. The highest BCUT2D eigenvalue weighted by Crippen LogP contribution is 2.39. The standard InChI is InChI=1S/C22H14ClF6N5O2/c23-13-6-14(8-31-7-13)34-20(35)17(11-1-2-16(24)15(5-11)18(25)26)19(33(4-3-30)21(34)36)32-9-12(10-32)22(27,28)29/h1-2,5-8,12,18H,4,9-10H2. The lowest BCUT2D eigenvalue weighted by Crippen LogP contribution is -2.56. The molecule has 0 saturated carbocycles. The zero-order valence-electron chi connectivity index (χ0n) is 17.9. The lowest BCUT2D eigenvalue weighted by Gasteiger charge is -2.43. The van der Waals surface area contributed by atoms with Gasteiger partial charge in [0.1, 0.15) is 18.2 Å². The van der Waals surface area contributed by atoms with E-state index in [9.17, 15) is 41.2 Å². The van der Waals surface area contributed by atoms with Gasteiger partial charge in [-0.2, -0.15) is 18.4 Å². The summed E-state index contributed by atoms with van der Waals surface area (Å²) in [5.74, 6) is -3.41. The molecule has 0 atom stereocenters. The van der Waals surface area contributed by atoms with Crippen molar-refractivity contribution >= 4 is 17.4 Å². The van der Waals surface area contributed by atoms with Gasteiger partial charge >= 0.3 is 11.9 Å². The maximum absolute atomic E-state index is 14.0. The van der Waals surface area contributed by atoms with Crippen LogP contribution in [-0.2, 0) is 6.54 Å². The van der Waals surface area contributed by atoms with Crippen LogP contribution in [0.3, 0.4) is 0 Å². The molecule has 2 aromatic heterocycles. The molecule has 1 aromatic carbocycles. The molecule has 0 N–H and O–H groups in total. The molecule has 3 aromatic rings. The van der Waals surface area contributed by atoms with Gasteiger partial charge in [0.15, 0.2) is 0 Å². The highest BCUT2D eigenvalue weighted by Gasteiger charge is 2.48. The molecule has 1 saturated heterocycles. The summed E-state index contributed by atoms with van der Waals surface area (Å²) in [6, 6.07) is 5.27. The summed E-state index contributed by atoms with van der Waals surface area (Å²) in [4.78, 5) is 31.8. The van der Waals surface area contributed by atoms with Crippen molar-refractivity contribution in [2.45, 2.75) is 19.1 Å². The number of hydrogen-bond donors (Lipinski definition) is 0. The van der Waals surface area contributed by atoms with Crippen LogP contribution in [0.4, 0.5) is 32.2 Å². The fourth-order valence-electron chi connectivity index (χ4n) is 3.91. The van der Waals surface area contributed by atoms with Crippen LogP contribution >= 0.6 is 11.6 Å². The summed E-state index contributed by atoms with van der Waals surface area (Å²) in [5, 5.41) is 9.37. The fraction of sp³-hybridized carbons (Fsp3) is 0.273. The third-order valence-electron chi connectivity index (χ3n) is 5.66. The van der Waals surface area contributed by atoms with Crippen molar-refractivity contribution in [3.63, 3.8) is 0 Å². The maximum Gasteiger partial charge on any atom is 0.395 e. The molecular formula is C22H14ClF6N5O2. The first-order valence-electron chi connectivity index (χ1n) is 10.2. The minimum atomic E-state index is -4.56. The first-order valence-corrected chi connectivity index (χ1v) is 10.6. The molecule has 188 valence electrons. The molecule has 0 radical (unpaired) electrons. The summed E-state index contributed by atoms with van der Waals surface area (Å²) in [7, 11) is 0. The van der Waals surface area contributed by atoms with E-state index in [0.717, 1.165) is 21.7 Å². The number of rotatable bonds is 5. The highest BCUT2D eigenvalue weighted by molar-refractivity contribution is 6.30. The molecule has 0 amide bonds. The van der Waals surface area contributed by atoms with Gasteiger partial charge in [-0.1, -0.05) is 17.7 Å². The van der Waals surface area contributed by atoms with Gasteiger partial charge in [0, 0.05) is 19.3 Å². The lowest BCUT2D eigenvalue weighted by molar-refractivity contribution is -0.180. The predicted molar refractivity (Wildman–Crippen MR) is 117 cm³/mol. The molecule has 14 heteroatoms. The first kappa shape index (κ1) is 25.3. The minimum absolute atomic E-state index is 0.0359. The van der Waals surface area contributed by atoms with Crippen molar-refractivity contribution < 1.29 is 26.3 Å². The largest absolute Gasteiger partial charge is 0.395 e. The molecular weight excluding hydrogens is 516 g/mol. The second-order valence-corrected chi connectivity index (χ2v) is 8.34. The van der Waals surface area contributed by atoms with Crippen LogP contribution in [0, 0.1) is 23.1 Å². The average Bonchev–Trinajstić information content (AvgIpc) is 2.75. The quantitative estimate of drug-likeness (QED) is 0.460. The van der Waals surface area contributed by atoms with Gasteiger partial charge in [0.2, 0.25) is 0 Å². The SMILES string of the molecule is N#CCn1c(N2CC(C(F)(F)F)C2)c(-c2ccc(F)c(C(F)F)c2)c(=O)n(-c2cncc(Cl)c2)c1=O. The van der Waals surface area contributed by atoms with Crippen molar-refractivity contribution in [2.75, 3.05) is 18.0 Å². The Hall–Kier alpha value is -3.79. The number of alkyl halides is 5. The van der Waals surface area contributed by atoms with E-state index in [-0.39, 0.29) is 22.1 Å². The van der Waals surface area contributed by atoms with E-state index in [2.05, 4.69) is 4.98 Å². The molecule has 1 aliphatic heterocycles. The van der Waals surface area contributed by atoms with Crippen LogP contribution in [-0.4, -0.2) is 33.4 Å². The molecule has 1 fully saturated rings. The third kappa shape index (κ3) is 4.44. The van der Waals surface area contributed by atoms with Crippen LogP contribution in [0.2, 0.25) is 5.02 Å². The van der Waals surface area contributed by atoms with Gasteiger partial charge in [-0.05, 0) is 23.8 Å². The summed E-state index contributed by atoms with van der Waals surface area (Å²) >= 11 is 5.92. The molecule has 0 unspecified atom stereocenters. The third-order valence-corrected chi connectivity index (χ3v) is 5.87. The van der Waals surface area contributed by atoms with Gasteiger partial charge in [0.05, 0.1) is 40.0 Å². The molecule has 7 nitrogen and oxygen atoms in total. The number of aromatic nitrogens is 3. The van der Waals surface area contributed by atoms with Gasteiger partial charge < -0.3 is 4.90 Å². The van der Waals surface area contributed by atoms with Crippen LogP contribution in [0.15, 0.2) is 46.2 Å². The maximum atomic E-state index is 14.0. The molecule has 0 spiro atoms. The Kier molecular flexibility index (Phi) is 6.57.